The Morgan fingerprint density at radius 2 is 1.77 bits per heavy atom. The highest BCUT2D eigenvalue weighted by atomic mass is 32.2. The summed E-state index contributed by atoms with van der Waals surface area (Å²) in [6.45, 7) is 1.50. The number of benzene rings is 1. The molecular formula is C14H16F3O3S2-. The molecule has 8 heteroatoms. The van der Waals surface area contributed by atoms with Crippen molar-refractivity contribution >= 4 is 21.9 Å². The largest absolute Gasteiger partial charge is 0.744 e. The smallest absolute Gasteiger partial charge is 0.446 e. The van der Waals surface area contributed by atoms with Gasteiger partial charge in [-0.1, -0.05) is 25.3 Å². The third-order valence-corrected chi connectivity index (χ3v) is 5.73. The maximum atomic E-state index is 12.8. The zero-order valence-corrected chi connectivity index (χ0v) is 13.6. The van der Waals surface area contributed by atoms with Gasteiger partial charge in [0.2, 0.25) is 0 Å². The first-order valence-corrected chi connectivity index (χ1v) is 9.17. The van der Waals surface area contributed by atoms with E-state index in [9.17, 15) is 26.1 Å². The van der Waals surface area contributed by atoms with Crippen LogP contribution in [0.4, 0.5) is 13.2 Å². The van der Waals surface area contributed by atoms with Crippen LogP contribution in [0.25, 0.3) is 0 Å². The van der Waals surface area contributed by atoms with Crippen LogP contribution >= 0.6 is 11.8 Å². The molecule has 1 saturated carbocycles. The molecule has 1 aliphatic rings. The summed E-state index contributed by atoms with van der Waals surface area (Å²) in [5, 5.41) is 0. The Kier molecular flexibility index (Phi) is 5.13. The fraction of sp³-hybridized carbons (Fsp3) is 0.571. The van der Waals surface area contributed by atoms with Crippen molar-refractivity contribution in [3.8, 4) is 0 Å². The van der Waals surface area contributed by atoms with Gasteiger partial charge >= 0.3 is 5.51 Å². The lowest BCUT2D eigenvalue weighted by atomic mass is 9.83. The molecule has 0 amide bonds. The minimum absolute atomic E-state index is 0.0667. The molecule has 0 heterocycles. The van der Waals surface area contributed by atoms with Crippen molar-refractivity contribution < 1.29 is 26.1 Å². The molecule has 0 aliphatic heterocycles. The molecule has 0 atom stereocenters. The van der Waals surface area contributed by atoms with E-state index in [4.69, 9.17) is 0 Å². The van der Waals surface area contributed by atoms with Crippen molar-refractivity contribution in [2.75, 3.05) is 0 Å². The van der Waals surface area contributed by atoms with Crippen LogP contribution in [0.1, 0.15) is 49.1 Å². The minimum Gasteiger partial charge on any atom is -0.744 e. The van der Waals surface area contributed by atoms with Crippen molar-refractivity contribution in [2.24, 2.45) is 0 Å². The lowest BCUT2D eigenvalue weighted by Crippen LogP contribution is -2.14. The molecule has 1 aromatic rings. The molecule has 3 nitrogen and oxygen atoms in total. The van der Waals surface area contributed by atoms with E-state index in [-0.39, 0.29) is 28.1 Å². The first-order chi connectivity index (χ1) is 10.1. The predicted octanol–water partition coefficient (Wildman–Crippen LogP) is 4.56. The average molecular weight is 353 g/mol. The van der Waals surface area contributed by atoms with Crippen LogP contribution < -0.4 is 0 Å². The third kappa shape index (κ3) is 4.17. The molecule has 0 N–H and O–H groups in total. The van der Waals surface area contributed by atoms with Crippen molar-refractivity contribution in [2.45, 2.75) is 60.2 Å². The molecule has 124 valence electrons. The van der Waals surface area contributed by atoms with Gasteiger partial charge in [-0.2, -0.15) is 13.2 Å². The molecule has 0 aromatic heterocycles. The maximum Gasteiger partial charge on any atom is 0.446 e. The van der Waals surface area contributed by atoms with E-state index in [1.165, 1.54) is 13.0 Å². The molecule has 0 spiro atoms. The highest BCUT2D eigenvalue weighted by Crippen LogP contribution is 2.47. The number of hydrogen-bond acceptors (Lipinski definition) is 4. The van der Waals surface area contributed by atoms with Gasteiger partial charge in [-0.15, -0.1) is 0 Å². The summed E-state index contributed by atoms with van der Waals surface area (Å²) in [5.74, 6) is -0.308. The predicted molar refractivity (Wildman–Crippen MR) is 76.9 cm³/mol. The van der Waals surface area contributed by atoms with Gasteiger partial charge in [0, 0.05) is 4.90 Å². The van der Waals surface area contributed by atoms with Gasteiger partial charge < -0.3 is 4.55 Å². The monoisotopic (exact) mass is 353 g/mol. The standard InChI is InChI=1S/C14H17F3O3S2/c1-9-7-8-11(22(18,19)20)12(10-5-3-2-4-6-10)13(9)21-14(15,16)17/h7-8,10H,2-6H2,1H3,(H,18,19,20)/p-1. The first kappa shape index (κ1) is 17.6. The van der Waals surface area contributed by atoms with E-state index in [0.29, 0.717) is 18.4 Å². The van der Waals surface area contributed by atoms with E-state index in [0.717, 1.165) is 25.3 Å². The SMILES string of the molecule is Cc1ccc(S(=O)(=O)[O-])c(C2CCCCC2)c1SC(F)(F)F. The van der Waals surface area contributed by atoms with E-state index in [1.54, 1.807) is 0 Å². The fourth-order valence-corrected chi connectivity index (χ4v) is 4.62. The maximum absolute atomic E-state index is 12.8. The number of hydrogen-bond donors (Lipinski definition) is 0. The molecule has 1 aliphatic carbocycles. The number of halogens is 3. The molecule has 1 fully saturated rings. The Hall–Kier alpha value is -0.730. The van der Waals surface area contributed by atoms with Gasteiger partial charge in [0.25, 0.3) is 0 Å². The summed E-state index contributed by atoms with van der Waals surface area (Å²) in [5.41, 5.74) is -4.12. The number of rotatable bonds is 3. The summed E-state index contributed by atoms with van der Waals surface area (Å²) < 4.78 is 72.9. The Morgan fingerprint density at radius 1 is 1.18 bits per heavy atom. The second kappa shape index (κ2) is 6.41. The Morgan fingerprint density at radius 3 is 2.27 bits per heavy atom. The highest BCUT2D eigenvalue weighted by Gasteiger charge is 2.34. The van der Waals surface area contributed by atoms with Gasteiger partial charge in [0.05, 0.1) is 4.90 Å². The lowest BCUT2D eigenvalue weighted by molar-refractivity contribution is -0.0329. The van der Waals surface area contributed by atoms with Crippen molar-refractivity contribution in [1.29, 1.82) is 0 Å². The van der Waals surface area contributed by atoms with Crippen LogP contribution in [0.2, 0.25) is 0 Å². The van der Waals surface area contributed by atoms with Gasteiger partial charge in [-0.05, 0) is 54.6 Å². The number of thioether (sulfide) groups is 1. The van der Waals surface area contributed by atoms with Crippen LogP contribution in [0.3, 0.4) is 0 Å². The van der Waals surface area contributed by atoms with Crippen LogP contribution in [-0.4, -0.2) is 18.5 Å². The van der Waals surface area contributed by atoms with Crippen molar-refractivity contribution in [3.05, 3.63) is 23.3 Å². The summed E-state index contributed by atoms with van der Waals surface area (Å²) >= 11 is -0.325. The zero-order chi connectivity index (χ0) is 16.5. The van der Waals surface area contributed by atoms with Gasteiger partial charge in [0.15, 0.2) is 0 Å². The highest BCUT2D eigenvalue weighted by molar-refractivity contribution is 8.00. The molecule has 2 rings (SSSR count). The topological polar surface area (TPSA) is 57.2 Å². The van der Waals surface area contributed by atoms with E-state index >= 15 is 0 Å². The van der Waals surface area contributed by atoms with E-state index in [1.807, 2.05) is 0 Å². The summed E-state index contributed by atoms with van der Waals surface area (Å²) in [6, 6.07) is 2.41. The molecular weight excluding hydrogens is 337 g/mol. The van der Waals surface area contributed by atoms with Crippen LogP contribution in [0.15, 0.2) is 21.9 Å². The second-order valence-corrected chi connectivity index (χ2v) is 7.88. The van der Waals surface area contributed by atoms with E-state index in [2.05, 4.69) is 0 Å². The van der Waals surface area contributed by atoms with Crippen molar-refractivity contribution in [1.82, 2.24) is 0 Å². The van der Waals surface area contributed by atoms with Crippen LogP contribution in [0, 0.1) is 6.92 Å². The number of alkyl halides is 3. The van der Waals surface area contributed by atoms with Gasteiger partial charge in [-0.3, -0.25) is 0 Å². The third-order valence-electron chi connectivity index (χ3n) is 3.85. The second-order valence-electron chi connectivity index (χ2n) is 5.46. The van der Waals surface area contributed by atoms with Crippen LogP contribution in [0.5, 0.6) is 0 Å². The fourth-order valence-electron chi connectivity index (χ4n) is 2.94. The molecule has 0 saturated heterocycles. The van der Waals surface area contributed by atoms with Crippen molar-refractivity contribution in [3.63, 3.8) is 0 Å². The Balaban J connectivity index is 2.64. The first-order valence-electron chi connectivity index (χ1n) is 6.95. The quantitative estimate of drug-likeness (QED) is 0.590. The molecule has 22 heavy (non-hydrogen) atoms. The van der Waals surface area contributed by atoms with Crippen LogP contribution in [-0.2, 0) is 10.1 Å². The summed E-state index contributed by atoms with van der Waals surface area (Å²) in [7, 11) is -4.81. The lowest BCUT2D eigenvalue weighted by Gasteiger charge is -2.28. The normalized spacial score (nSPS) is 17.7. The van der Waals surface area contributed by atoms with Gasteiger partial charge in [0.1, 0.15) is 10.1 Å². The Bertz CT molecular complexity index is 648. The molecule has 0 radical (unpaired) electrons. The molecule has 0 bridgehead atoms. The average Bonchev–Trinajstić information content (AvgIpc) is 2.39. The van der Waals surface area contributed by atoms with Gasteiger partial charge in [-0.25, -0.2) is 8.42 Å². The Labute approximate surface area is 132 Å². The minimum atomic E-state index is -4.81. The number of aryl methyl sites for hydroxylation is 1. The molecule has 0 unspecified atom stereocenters. The summed E-state index contributed by atoms with van der Waals surface area (Å²) in [4.78, 5) is -0.631. The summed E-state index contributed by atoms with van der Waals surface area (Å²) in [6.07, 6.45) is 3.85. The van der Waals surface area contributed by atoms with E-state index < -0.39 is 20.5 Å². The zero-order valence-electron chi connectivity index (χ0n) is 11.9. The molecule has 1 aromatic carbocycles.